The number of unbranched alkanes of at least 4 members (excludes halogenated alkanes) is 2. The van der Waals surface area contributed by atoms with Crippen LogP contribution >= 0.6 is 15.9 Å². The van der Waals surface area contributed by atoms with Gasteiger partial charge in [-0.25, -0.2) is 0 Å². The number of anilines is 1. The molecule has 19 heavy (non-hydrogen) atoms. The molecule has 1 aromatic rings. The first kappa shape index (κ1) is 16.0. The van der Waals surface area contributed by atoms with Crippen molar-refractivity contribution in [2.45, 2.75) is 46.1 Å². The molecule has 106 valence electrons. The third-order valence-electron chi connectivity index (χ3n) is 3.13. The van der Waals surface area contributed by atoms with E-state index in [1.54, 1.807) is 12.1 Å². The average molecular weight is 327 g/mol. The molecule has 0 bridgehead atoms. The molecule has 1 amide bonds. The van der Waals surface area contributed by atoms with Gasteiger partial charge in [0.1, 0.15) is 0 Å². The summed E-state index contributed by atoms with van der Waals surface area (Å²) in [6.07, 6.45) is 3.34. The second kappa shape index (κ2) is 7.53. The molecule has 0 heterocycles. The maximum absolute atomic E-state index is 12.5. The SMILES string of the molecule is CCCCCN(C(=O)c1ccc(Br)cc1N)C(C)C. The molecule has 0 radical (unpaired) electrons. The maximum atomic E-state index is 12.5. The van der Waals surface area contributed by atoms with Gasteiger partial charge in [-0.15, -0.1) is 0 Å². The summed E-state index contributed by atoms with van der Waals surface area (Å²) in [5.41, 5.74) is 7.06. The highest BCUT2D eigenvalue weighted by molar-refractivity contribution is 9.10. The number of nitrogen functional groups attached to an aromatic ring is 1. The van der Waals surface area contributed by atoms with Gasteiger partial charge in [-0.05, 0) is 38.5 Å². The number of rotatable bonds is 6. The Kier molecular flexibility index (Phi) is 6.35. The average Bonchev–Trinajstić information content (AvgIpc) is 2.33. The van der Waals surface area contributed by atoms with Crippen LogP contribution in [-0.2, 0) is 0 Å². The molecular formula is C15H23BrN2O. The lowest BCUT2D eigenvalue weighted by atomic mass is 10.1. The van der Waals surface area contributed by atoms with Crippen LogP contribution in [0.3, 0.4) is 0 Å². The standard InChI is InChI=1S/C15H23BrN2O/c1-4-5-6-9-18(11(2)3)15(19)13-8-7-12(16)10-14(13)17/h7-8,10-11H,4-6,9,17H2,1-3H3. The van der Waals surface area contributed by atoms with Crippen LogP contribution in [0.4, 0.5) is 5.69 Å². The first-order valence-electron chi connectivity index (χ1n) is 6.83. The Morgan fingerprint density at radius 2 is 2.05 bits per heavy atom. The van der Waals surface area contributed by atoms with Crippen molar-refractivity contribution in [2.24, 2.45) is 0 Å². The van der Waals surface area contributed by atoms with Gasteiger partial charge in [-0.1, -0.05) is 35.7 Å². The summed E-state index contributed by atoms with van der Waals surface area (Å²) < 4.78 is 0.892. The largest absolute Gasteiger partial charge is 0.398 e. The van der Waals surface area contributed by atoms with E-state index in [1.165, 1.54) is 0 Å². The minimum absolute atomic E-state index is 0.0242. The summed E-state index contributed by atoms with van der Waals surface area (Å²) in [5.74, 6) is 0.0242. The molecule has 0 unspecified atom stereocenters. The fourth-order valence-electron chi connectivity index (χ4n) is 2.01. The van der Waals surface area contributed by atoms with Crippen LogP contribution in [0.25, 0.3) is 0 Å². The topological polar surface area (TPSA) is 46.3 Å². The van der Waals surface area contributed by atoms with Crippen LogP contribution in [0.5, 0.6) is 0 Å². The van der Waals surface area contributed by atoms with Crippen molar-refractivity contribution in [2.75, 3.05) is 12.3 Å². The van der Waals surface area contributed by atoms with Gasteiger partial charge in [0.05, 0.1) is 5.56 Å². The molecule has 1 rings (SSSR count). The zero-order valence-corrected chi connectivity index (χ0v) is 13.5. The van der Waals surface area contributed by atoms with Crippen molar-refractivity contribution in [3.63, 3.8) is 0 Å². The van der Waals surface area contributed by atoms with E-state index in [2.05, 4.69) is 22.9 Å². The zero-order valence-electron chi connectivity index (χ0n) is 11.9. The lowest BCUT2D eigenvalue weighted by Crippen LogP contribution is -2.38. The molecule has 3 nitrogen and oxygen atoms in total. The Labute approximate surface area is 124 Å². The van der Waals surface area contributed by atoms with E-state index < -0.39 is 0 Å². The van der Waals surface area contributed by atoms with E-state index in [4.69, 9.17) is 5.73 Å². The predicted molar refractivity (Wildman–Crippen MR) is 84.3 cm³/mol. The van der Waals surface area contributed by atoms with Gasteiger partial charge in [0, 0.05) is 22.7 Å². The van der Waals surface area contributed by atoms with Gasteiger partial charge in [0.15, 0.2) is 0 Å². The molecule has 1 aromatic carbocycles. The van der Waals surface area contributed by atoms with Gasteiger partial charge in [-0.2, -0.15) is 0 Å². The number of hydrogen-bond donors (Lipinski definition) is 1. The summed E-state index contributed by atoms with van der Waals surface area (Å²) in [5, 5.41) is 0. The molecule has 2 N–H and O–H groups in total. The van der Waals surface area contributed by atoms with Crippen LogP contribution < -0.4 is 5.73 Å². The van der Waals surface area contributed by atoms with Crippen LogP contribution in [0.15, 0.2) is 22.7 Å². The highest BCUT2D eigenvalue weighted by atomic mass is 79.9. The normalized spacial score (nSPS) is 10.8. The number of carbonyl (C=O) groups is 1. The van der Waals surface area contributed by atoms with Gasteiger partial charge >= 0.3 is 0 Å². The molecule has 0 aliphatic carbocycles. The minimum atomic E-state index is 0.0242. The lowest BCUT2D eigenvalue weighted by molar-refractivity contribution is 0.0703. The summed E-state index contributed by atoms with van der Waals surface area (Å²) in [4.78, 5) is 14.4. The highest BCUT2D eigenvalue weighted by Crippen LogP contribution is 2.21. The second-order valence-electron chi connectivity index (χ2n) is 5.03. The van der Waals surface area contributed by atoms with Crippen molar-refractivity contribution in [1.82, 2.24) is 4.90 Å². The molecule has 0 fully saturated rings. The molecule has 0 aromatic heterocycles. The van der Waals surface area contributed by atoms with Crippen molar-refractivity contribution in [1.29, 1.82) is 0 Å². The van der Waals surface area contributed by atoms with Gasteiger partial charge in [0.2, 0.25) is 0 Å². The fourth-order valence-corrected chi connectivity index (χ4v) is 2.39. The summed E-state index contributed by atoms with van der Waals surface area (Å²) >= 11 is 3.36. The lowest BCUT2D eigenvalue weighted by Gasteiger charge is -2.27. The van der Waals surface area contributed by atoms with E-state index >= 15 is 0 Å². The van der Waals surface area contributed by atoms with E-state index in [0.717, 1.165) is 30.3 Å². The molecule has 0 aliphatic rings. The summed E-state index contributed by atoms with van der Waals surface area (Å²) in [7, 11) is 0. The van der Waals surface area contributed by atoms with Crippen LogP contribution in [-0.4, -0.2) is 23.4 Å². The number of halogens is 1. The number of amides is 1. The molecule has 0 spiro atoms. The minimum Gasteiger partial charge on any atom is -0.398 e. The molecule has 0 saturated carbocycles. The van der Waals surface area contributed by atoms with Crippen molar-refractivity contribution in [3.8, 4) is 0 Å². The smallest absolute Gasteiger partial charge is 0.256 e. The Morgan fingerprint density at radius 1 is 1.37 bits per heavy atom. The zero-order chi connectivity index (χ0) is 14.4. The van der Waals surface area contributed by atoms with E-state index in [1.807, 2.05) is 24.8 Å². The van der Waals surface area contributed by atoms with E-state index in [0.29, 0.717) is 11.3 Å². The van der Waals surface area contributed by atoms with Crippen molar-refractivity contribution in [3.05, 3.63) is 28.2 Å². The maximum Gasteiger partial charge on any atom is 0.256 e. The van der Waals surface area contributed by atoms with Gasteiger partial charge in [0.25, 0.3) is 5.91 Å². The van der Waals surface area contributed by atoms with Gasteiger partial charge < -0.3 is 10.6 Å². The van der Waals surface area contributed by atoms with Crippen molar-refractivity contribution < 1.29 is 4.79 Å². The second-order valence-corrected chi connectivity index (χ2v) is 5.95. The van der Waals surface area contributed by atoms with Crippen molar-refractivity contribution >= 4 is 27.5 Å². The number of nitrogens with two attached hydrogens (primary N) is 1. The Bertz CT molecular complexity index is 432. The number of carbonyl (C=O) groups excluding carboxylic acids is 1. The Balaban J connectivity index is 2.86. The monoisotopic (exact) mass is 326 g/mol. The number of hydrogen-bond acceptors (Lipinski definition) is 2. The number of nitrogens with zero attached hydrogens (tertiary/aromatic N) is 1. The van der Waals surface area contributed by atoms with Crippen LogP contribution in [0.1, 0.15) is 50.4 Å². The van der Waals surface area contributed by atoms with E-state index in [9.17, 15) is 4.79 Å². The van der Waals surface area contributed by atoms with Gasteiger partial charge in [-0.3, -0.25) is 4.79 Å². The summed E-state index contributed by atoms with van der Waals surface area (Å²) in [6.45, 7) is 7.03. The third kappa shape index (κ3) is 4.53. The molecule has 0 saturated heterocycles. The Hall–Kier alpha value is -1.03. The first-order chi connectivity index (χ1) is 8.97. The number of benzene rings is 1. The van der Waals surface area contributed by atoms with E-state index in [-0.39, 0.29) is 11.9 Å². The molecule has 0 atom stereocenters. The fraction of sp³-hybridized carbons (Fsp3) is 0.533. The Morgan fingerprint density at radius 3 is 2.58 bits per heavy atom. The summed E-state index contributed by atoms with van der Waals surface area (Å²) in [6, 6.07) is 5.61. The quantitative estimate of drug-likeness (QED) is 0.632. The molecular weight excluding hydrogens is 304 g/mol. The first-order valence-corrected chi connectivity index (χ1v) is 7.62. The predicted octanol–water partition coefficient (Wildman–Crippen LogP) is 4.07. The third-order valence-corrected chi connectivity index (χ3v) is 3.62. The molecule has 4 heteroatoms. The van der Waals surface area contributed by atoms with Crippen LogP contribution in [0.2, 0.25) is 0 Å². The molecule has 0 aliphatic heterocycles. The van der Waals surface area contributed by atoms with Crippen LogP contribution in [0, 0.1) is 0 Å². The highest BCUT2D eigenvalue weighted by Gasteiger charge is 2.20.